The zero-order chi connectivity index (χ0) is 14.7. The monoisotopic (exact) mass is 357 g/mol. The van der Waals surface area contributed by atoms with Gasteiger partial charge in [0.2, 0.25) is 0 Å². The molecule has 0 aliphatic rings. The predicted molar refractivity (Wildman–Crippen MR) is 76.4 cm³/mol. The summed E-state index contributed by atoms with van der Waals surface area (Å²) in [4.78, 5) is 22.0. The Morgan fingerprint density at radius 1 is 1.45 bits per heavy atom. The fraction of sp³-hybridized carbons (Fsp3) is 0.0833. The van der Waals surface area contributed by atoms with Crippen LogP contribution >= 0.6 is 27.3 Å². The zero-order valence-electron chi connectivity index (χ0n) is 9.91. The highest BCUT2D eigenvalue weighted by Gasteiger charge is 2.17. The molecule has 2 rings (SSSR count). The first-order valence-corrected chi connectivity index (χ1v) is 7.02. The van der Waals surface area contributed by atoms with Crippen LogP contribution in [-0.4, -0.2) is 16.0 Å². The van der Waals surface area contributed by atoms with Crippen LogP contribution in [0.15, 0.2) is 34.1 Å². The number of rotatable bonds is 5. The molecule has 0 aliphatic carbocycles. The van der Waals surface area contributed by atoms with Crippen LogP contribution in [0.5, 0.6) is 5.75 Å². The van der Waals surface area contributed by atoms with E-state index in [1.54, 1.807) is 0 Å². The number of nitro benzene ring substituents is 1. The highest BCUT2D eigenvalue weighted by molar-refractivity contribution is 9.10. The molecule has 0 aliphatic heterocycles. The highest BCUT2D eigenvalue weighted by atomic mass is 79.9. The fourth-order valence-electron chi connectivity index (χ4n) is 1.50. The van der Waals surface area contributed by atoms with Crippen molar-refractivity contribution >= 4 is 38.9 Å². The number of halogens is 1. The summed E-state index contributed by atoms with van der Waals surface area (Å²) in [5.74, 6) is -1.16. The summed E-state index contributed by atoms with van der Waals surface area (Å²) in [6.45, 7) is 0.203. The summed E-state index contributed by atoms with van der Waals surface area (Å²) in [5, 5.41) is 21.6. The Bertz CT molecular complexity index is 670. The highest BCUT2D eigenvalue weighted by Crippen LogP contribution is 2.26. The number of hydrogen-bond acceptors (Lipinski definition) is 5. The van der Waals surface area contributed by atoms with Crippen molar-refractivity contribution in [1.82, 2.24) is 0 Å². The molecule has 0 amide bonds. The van der Waals surface area contributed by atoms with Crippen LogP contribution in [0.3, 0.4) is 0 Å². The molecule has 1 aromatic heterocycles. The summed E-state index contributed by atoms with van der Waals surface area (Å²) in [6, 6.07) is 5.36. The molecule has 20 heavy (non-hydrogen) atoms. The van der Waals surface area contributed by atoms with Crippen molar-refractivity contribution < 1.29 is 19.6 Å². The van der Waals surface area contributed by atoms with Gasteiger partial charge in [-0.05, 0) is 28.1 Å². The summed E-state index contributed by atoms with van der Waals surface area (Å²) < 4.78 is 6.34. The Balaban J connectivity index is 2.22. The number of nitro groups is 1. The van der Waals surface area contributed by atoms with Crippen LogP contribution < -0.4 is 4.74 Å². The maximum absolute atomic E-state index is 11.1. The minimum Gasteiger partial charge on any atom is -0.487 e. The molecule has 2 aromatic rings. The third kappa shape index (κ3) is 3.34. The van der Waals surface area contributed by atoms with E-state index in [0.29, 0.717) is 0 Å². The number of ether oxygens (including phenoxy) is 1. The van der Waals surface area contributed by atoms with Gasteiger partial charge in [0.1, 0.15) is 17.9 Å². The average molecular weight is 358 g/mol. The van der Waals surface area contributed by atoms with E-state index >= 15 is 0 Å². The molecule has 0 bridgehead atoms. The molecule has 8 heteroatoms. The molecular weight excluding hydrogens is 350 g/mol. The van der Waals surface area contributed by atoms with Crippen LogP contribution in [0.1, 0.15) is 15.2 Å². The van der Waals surface area contributed by atoms with Gasteiger partial charge >= 0.3 is 5.97 Å². The molecule has 0 saturated heterocycles. The van der Waals surface area contributed by atoms with E-state index in [1.807, 2.05) is 11.4 Å². The van der Waals surface area contributed by atoms with E-state index in [4.69, 9.17) is 9.84 Å². The number of aromatic carboxylic acids is 1. The number of thiophene rings is 1. The lowest BCUT2D eigenvalue weighted by atomic mass is 10.2. The number of non-ortho nitro benzene ring substituents is 1. The lowest BCUT2D eigenvalue weighted by Gasteiger charge is -2.07. The van der Waals surface area contributed by atoms with Gasteiger partial charge < -0.3 is 9.84 Å². The molecule has 1 heterocycles. The van der Waals surface area contributed by atoms with Gasteiger partial charge in [-0.3, -0.25) is 10.1 Å². The minimum absolute atomic E-state index is 0.104. The summed E-state index contributed by atoms with van der Waals surface area (Å²) in [5.41, 5.74) is -0.511. The summed E-state index contributed by atoms with van der Waals surface area (Å²) in [7, 11) is 0. The van der Waals surface area contributed by atoms with Gasteiger partial charge in [-0.15, -0.1) is 11.3 Å². The third-order valence-electron chi connectivity index (χ3n) is 2.40. The second-order valence-electron chi connectivity index (χ2n) is 3.76. The predicted octanol–water partition coefficient (Wildman–Crippen LogP) is 3.70. The first-order valence-electron chi connectivity index (χ1n) is 5.35. The smallest absolute Gasteiger partial charge is 0.339 e. The second-order valence-corrected chi connectivity index (χ2v) is 5.67. The molecule has 0 saturated carbocycles. The van der Waals surface area contributed by atoms with E-state index in [0.717, 1.165) is 15.4 Å². The van der Waals surface area contributed by atoms with Gasteiger partial charge in [0.25, 0.3) is 5.69 Å². The van der Waals surface area contributed by atoms with Crippen LogP contribution in [0.2, 0.25) is 0 Å². The topological polar surface area (TPSA) is 89.7 Å². The van der Waals surface area contributed by atoms with Gasteiger partial charge in [0.05, 0.1) is 4.92 Å². The lowest BCUT2D eigenvalue weighted by Crippen LogP contribution is -2.04. The number of hydrogen-bond donors (Lipinski definition) is 1. The average Bonchev–Trinajstić information content (AvgIpc) is 2.81. The number of carboxylic acids is 1. The Labute approximate surface area is 125 Å². The molecule has 1 aromatic carbocycles. The van der Waals surface area contributed by atoms with Gasteiger partial charge in [0.15, 0.2) is 0 Å². The fourth-order valence-corrected chi connectivity index (χ4v) is 2.87. The first-order chi connectivity index (χ1) is 9.47. The first kappa shape index (κ1) is 14.5. The SMILES string of the molecule is O=C(O)c1cc([N+](=O)[O-])ccc1OCc1cc(Br)cs1. The molecule has 0 radical (unpaired) electrons. The van der Waals surface area contributed by atoms with Crippen LogP contribution in [0.25, 0.3) is 0 Å². The molecule has 0 unspecified atom stereocenters. The standard InChI is InChI=1S/C12H8BrNO5S/c13-7-3-9(20-6-7)5-19-11-2-1-8(14(17)18)4-10(11)12(15)16/h1-4,6H,5H2,(H,15,16). The van der Waals surface area contributed by atoms with E-state index in [9.17, 15) is 14.9 Å². The molecule has 0 fully saturated rings. The van der Waals surface area contributed by atoms with Crippen LogP contribution in [0, 0.1) is 10.1 Å². The normalized spacial score (nSPS) is 10.2. The maximum atomic E-state index is 11.1. The largest absolute Gasteiger partial charge is 0.487 e. The van der Waals surface area contributed by atoms with Gasteiger partial charge in [-0.2, -0.15) is 0 Å². The summed E-state index contributed by atoms with van der Waals surface area (Å²) in [6.07, 6.45) is 0. The van der Waals surface area contributed by atoms with Crippen molar-refractivity contribution in [3.8, 4) is 5.75 Å². The van der Waals surface area contributed by atoms with E-state index in [1.165, 1.54) is 23.5 Å². The second kappa shape index (κ2) is 6.02. The van der Waals surface area contributed by atoms with Gasteiger partial charge in [-0.1, -0.05) is 0 Å². The maximum Gasteiger partial charge on any atom is 0.339 e. The summed E-state index contributed by atoms with van der Waals surface area (Å²) >= 11 is 4.77. The number of carboxylic acid groups (broad SMARTS) is 1. The van der Waals surface area contributed by atoms with Crippen molar-refractivity contribution in [3.05, 3.63) is 54.7 Å². The molecule has 6 nitrogen and oxygen atoms in total. The molecule has 0 spiro atoms. The molecule has 1 N–H and O–H groups in total. The molecule has 104 valence electrons. The number of benzene rings is 1. The number of nitrogens with zero attached hydrogens (tertiary/aromatic N) is 1. The van der Waals surface area contributed by atoms with Crippen molar-refractivity contribution in [2.75, 3.05) is 0 Å². The molecule has 0 atom stereocenters. The Morgan fingerprint density at radius 2 is 2.20 bits per heavy atom. The minimum atomic E-state index is -1.27. The van der Waals surface area contributed by atoms with E-state index < -0.39 is 10.9 Å². The van der Waals surface area contributed by atoms with E-state index in [-0.39, 0.29) is 23.6 Å². The van der Waals surface area contributed by atoms with E-state index in [2.05, 4.69) is 15.9 Å². The Kier molecular flexibility index (Phi) is 4.35. The van der Waals surface area contributed by atoms with Gasteiger partial charge in [-0.25, -0.2) is 4.79 Å². The Hall–Kier alpha value is -1.93. The number of carbonyl (C=O) groups is 1. The van der Waals surface area contributed by atoms with Crippen molar-refractivity contribution in [1.29, 1.82) is 0 Å². The van der Waals surface area contributed by atoms with Crippen molar-refractivity contribution in [3.63, 3.8) is 0 Å². The van der Waals surface area contributed by atoms with Crippen molar-refractivity contribution in [2.45, 2.75) is 6.61 Å². The van der Waals surface area contributed by atoms with Crippen LogP contribution in [0.4, 0.5) is 5.69 Å². The van der Waals surface area contributed by atoms with Crippen molar-refractivity contribution in [2.24, 2.45) is 0 Å². The quantitative estimate of drug-likeness (QED) is 0.650. The van der Waals surface area contributed by atoms with Crippen LogP contribution in [-0.2, 0) is 6.61 Å². The zero-order valence-corrected chi connectivity index (χ0v) is 12.3. The molecular formula is C12H8BrNO5S. The lowest BCUT2D eigenvalue weighted by molar-refractivity contribution is -0.384. The third-order valence-corrected chi connectivity index (χ3v) is 4.07. The van der Waals surface area contributed by atoms with Gasteiger partial charge in [0, 0.05) is 26.9 Å². The Morgan fingerprint density at radius 3 is 2.75 bits per heavy atom.